The number of carbonyl (C=O) groups excluding carboxylic acids is 2. The molecule has 1 aliphatic rings. The summed E-state index contributed by atoms with van der Waals surface area (Å²) in [7, 11) is 0. The molecule has 1 aliphatic heterocycles. The highest BCUT2D eigenvalue weighted by Gasteiger charge is 2.28. The van der Waals surface area contributed by atoms with Gasteiger partial charge in [-0.3, -0.25) is 0 Å². The highest BCUT2D eigenvalue weighted by Crippen LogP contribution is 2.22. The van der Waals surface area contributed by atoms with Gasteiger partial charge < -0.3 is 15.4 Å². The summed E-state index contributed by atoms with van der Waals surface area (Å²) in [6, 6.07) is 1.31. The maximum atomic E-state index is 11.9. The van der Waals surface area contributed by atoms with Crippen molar-refractivity contribution < 1.29 is 14.3 Å². The molecule has 19 heavy (non-hydrogen) atoms. The van der Waals surface area contributed by atoms with Gasteiger partial charge in [0.25, 0.3) is 0 Å². The van der Waals surface area contributed by atoms with Crippen LogP contribution in [-0.4, -0.2) is 36.1 Å². The van der Waals surface area contributed by atoms with Crippen molar-refractivity contribution in [1.29, 1.82) is 0 Å². The van der Waals surface area contributed by atoms with E-state index in [4.69, 9.17) is 10.5 Å². The van der Waals surface area contributed by atoms with Gasteiger partial charge in [0.05, 0.1) is 6.04 Å². The van der Waals surface area contributed by atoms with Gasteiger partial charge in [-0.2, -0.15) is 0 Å². The Bertz CT molecular complexity index is 479. The summed E-state index contributed by atoms with van der Waals surface area (Å²) in [5.74, 6) is -0.322. The molecule has 2 rings (SSSR count). The molecule has 2 amide bonds. The number of nitrogens with two attached hydrogens (primary N) is 1. The Morgan fingerprint density at radius 2 is 2.26 bits per heavy atom. The van der Waals surface area contributed by atoms with Crippen molar-refractivity contribution in [2.45, 2.75) is 32.7 Å². The average Bonchev–Trinajstić information content (AvgIpc) is 2.94. The van der Waals surface area contributed by atoms with Gasteiger partial charge in [-0.15, -0.1) is 11.3 Å². The molecule has 1 aromatic heterocycles. The molecule has 2 N–H and O–H groups in total. The van der Waals surface area contributed by atoms with Crippen molar-refractivity contribution in [2.75, 3.05) is 13.2 Å². The summed E-state index contributed by atoms with van der Waals surface area (Å²) < 4.78 is 5.28. The Balaban J connectivity index is 1.91. The van der Waals surface area contributed by atoms with Crippen LogP contribution in [0.15, 0.2) is 6.07 Å². The van der Waals surface area contributed by atoms with Crippen molar-refractivity contribution in [3.8, 4) is 0 Å². The van der Waals surface area contributed by atoms with Crippen LogP contribution in [0.3, 0.4) is 0 Å². The molecule has 104 valence electrons. The number of ether oxygens (including phenoxy) is 1. The Kier molecular flexibility index (Phi) is 4.09. The van der Waals surface area contributed by atoms with E-state index in [-0.39, 0.29) is 18.6 Å². The number of carbonyl (C=O) groups is 2. The largest absolute Gasteiger partial charge is 0.459 e. The van der Waals surface area contributed by atoms with Gasteiger partial charge in [0.1, 0.15) is 11.5 Å². The minimum Gasteiger partial charge on any atom is -0.459 e. The van der Waals surface area contributed by atoms with E-state index in [1.54, 1.807) is 4.90 Å². The van der Waals surface area contributed by atoms with E-state index in [1.165, 1.54) is 11.3 Å². The second kappa shape index (κ2) is 5.61. The Morgan fingerprint density at radius 3 is 2.84 bits per heavy atom. The first-order valence-corrected chi connectivity index (χ1v) is 7.11. The SMILES string of the molecule is Cc1cc(C(=O)OC[C@H]2CCCN2C(N)=O)sc1C. The molecule has 5 nitrogen and oxygen atoms in total. The lowest BCUT2D eigenvalue weighted by Crippen LogP contribution is -2.41. The molecule has 0 aliphatic carbocycles. The highest BCUT2D eigenvalue weighted by atomic mass is 32.1. The van der Waals surface area contributed by atoms with Gasteiger partial charge in [-0.1, -0.05) is 0 Å². The summed E-state index contributed by atoms with van der Waals surface area (Å²) in [6.07, 6.45) is 1.74. The minimum atomic E-state index is -0.443. The Hall–Kier alpha value is -1.56. The molecular formula is C13H18N2O3S. The molecule has 0 aromatic carbocycles. The topological polar surface area (TPSA) is 72.6 Å². The maximum absolute atomic E-state index is 11.9. The zero-order valence-electron chi connectivity index (χ0n) is 11.1. The van der Waals surface area contributed by atoms with Crippen molar-refractivity contribution in [1.82, 2.24) is 4.90 Å². The third kappa shape index (κ3) is 3.07. The van der Waals surface area contributed by atoms with Gasteiger partial charge in [-0.05, 0) is 38.3 Å². The first-order valence-electron chi connectivity index (χ1n) is 6.29. The standard InChI is InChI=1S/C13H18N2O3S/c1-8-6-11(19-9(8)2)12(16)18-7-10-4-3-5-15(10)13(14)17/h6,10H,3-5,7H2,1-2H3,(H2,14,17)/t10-/m1/s1. The van der Waals surface area contributed by atoms with Crippen LogP contribution in [0.25, 0.3) is 0 Å². The maximum Gasteiger partial charge on any atom is 0.348 e. The number of amides is 2. The number of esters is 1. The summed E-state index contributed by atoms with van der Waals surface area (Å²) in [5, 5.41) is 0. The first-order chi connectivity index (χ1) is 8.99. The monoisotopic (exact) mass is 282 g/mol. The second-order valence-corrected chi connectivity index (χ2v) is 6.03. The predicted octanol–water partition coefficient (Wildman–Crippen LogP) is 2.06. The quantitative estimate of drug-likeness (QED) is 0.862. The van der Waals surface area contributed by atoms with Gasteiger partial charge >= 0.3 is 12.0 Å². The zero-order chi connectivity index (χ0) is 14.0. The molecule has 0 radical (unpaired) electrons. The van der Waals surface area contributed by atoms with Crippen LogP contribution in [0, 0.1) is 13.8 Å². The zero-order valence-corrected chi connectivity index (χ0v) is 12.0. The normalized spacial score (nSPS) is 18.6. The van der Waals surface area contributed by atoms with E-state index in [1.807, 2.05) is 19.9 Å². The molecule has 0 spiro atoms. The number of rotatable bonds is 3. The van der Waals surface area contributed by atoms with Gasteiger partial charge in [0, 0.05) is 11.4 Å². The van der Waals surface area contributed by atoms with Crippen molar-refractivity contribution in [3.63, 3.8) is 0 Å². The number of aryl methyl sites for hydroxylation is 2. The Morgan fingerprint density at radius 1 is 1.53 bits per heavy atom. The molecule has 2 heterocycles. The fraction of sp³-hybridized carbons (Fsp3) is 0.538. The smallest absolute Gasteiger partial charge is 0.348 e. The van der Waals surface area contributed by atoms with Gasteiger partial charge in [0.2, 0.25) is 0 Å². The van der Waals surface area contributed by atoms with Gasteiger partial charge in [0.15, 0.2) is 0 Å². The fourth-order valence-electron chi connectivity index (χ4n) is 2.22. The van der Waals surface area contributed by atoms with Crippen LogP contribution in [0.1, 0.15) is 33.0 Å². The Labute approximate surface area is 116 Å². The number of hydrogen-bond donors (Lipinski definition) is 1. The molecule has 1 aromatic rings. The van der Waals surface area contributed by atoms with E-state index in [9.17, 15) is 9.59 Å². The number of likely N-dealkylation sites (tertiary alicyclic amines) is 1. The number of urea groups is 1. The van der Waals surface area contributed by atoms with Crippen molar-refractivity contribution in [2.24, 2.45) is 5.73 Å². The molecule has 0 saturated carbocycles. The van der Waals surface area contributed by atoms with Crippen LogP contribution in [0.2, 0.25) is 0 Å². The molecule has 0 bridgehead atoms. The molecule has 1 atom stereocenters. The van der Waals surface area contributed by atoms with Crippen LogP contribution >= 0.6 is 11.3 Å². The van der Waals surface area contributed by atoms with Crippen LogP contribution in [-0.2, 0) is 4.74 Å². The lowest BCUT2D eigenvalue weighted by atomic mass is 10.2. The third-order valence-corrected chi connectivity index (χ3v) is 4.57. The molecular weight excluding hydrogens is 264 g/mol. The lowest BCUT2D eigenvalue weighted by molar-refractivity contribution is 0.0427. The second-order valence-electron chi connectivity index (χ2n) is 4.78. The molecule has 1 saturated heterocycles. The lowest BCUT2D eigenvalue weighted by Gasteiger charge is -2.21. The van der Waals surface area contributed by atoms with E-state index in [0.717, 1.165) is 23.3 Å². The van der Waals surface area contributed by atoms with Crippen molar-refractivity contribution >= 4 is 23.3 Å². The number of hydrogen-bond acceptors (Lipinski definition) is 4. The predicted molar refractivity (Wildman–Crippen MR) is 73.4 cm³/mol. The van der Waals surface area contributed by atoms with Crippen molar-refractivity contribution in [3.05, 3.63) is 21.4 Å². The minimum absolute atomic E-state index is 0.0800. The van der Waals surface area contributed by atoms with E-state index >= 15 is 0 Å². The molecule has 1 fully saturated rings. The van der Waals surface area contributed by atoms with Crippen LogP contribution < -0.4 is 5.73 Å². The number of nitrogens with zero attached hydrogens (tertiary/aromatic N) is 1. The third-order valence-electron chi connectivity index (χ3n) is 3.43. The van der Waals surface area contributed by atoms with E-state index in [0.29, 0.717) is 11.4 Å². The number of primary amides is 1. The summed E-state index contributed by atoms with van der Waals surface area (Å²) in [4.78, 5) is 26.4. The van der Waals surface area contributed by atoms with Crippen LogP contribution in [0.5, 0.6) is 0 Å². The van der Waals surface area contributed by atoms with Crippen LogP contribution in [0.4, 0.5) is 4.79 Å². The summed E-state index contributed by atoms with van der Waals surface area (Å²) in [5.41, 5.74) is 6.37. The fourth-order valence-corrected chi connectivity index (χ4v) is 3.14. The first kappa shape index (κ1) is 13.9. The highest BCUT2D eigenvalue weighted by molar-refractivity contribution is 7.14. The van der Waals surface area contributed by atoms with E-state index in [2.05, 4.69) is 0 Å². The average molecular weight is 282 g/mol. The summed E-state index contributed by atoms with van der Waals surface area (Å²) in [6.45, 7) is 4.81. The van der Waals surface area contributed by atoms with E-state index < -0.39 is 6.03 Å². The number of thiophene rings is 1. The summed E-state index contributed by atoms with van der Waals surface area (Å²) >= 11 is 1.43. The molecule has 0 unspecified atom stereocenters. The molecule has 6 heteroatoms. The van der Waals surface area contributed by atoms with Gasteiger partial charge in [-0.25, -0.2) is 9.59 Å².